The Labute approximate surface area is 285 Å². The van der Waals surface area contributed by atoms with Gasteiger partial charge in [0.1, 0.15) is 5.75 Å². The maximum absolute atomic E-state index is 12.6. The smallest absolute Gasteiger partial charge is 0.406 e. The molecule has 0 aliphatic carbocycles. The Morgan fingerprint density at radius 3 is 2.35 bits per heavy atom. The molecule has 2 aliphatic heterocycles. The van der Waals surface area contributed by atoms with Crippen LogP contribution in [0.15, 0.2) is 36.4 Å². The van der Waals surface area contributed by atoms with Gasteiger partial charge in [-0.05, 0) is 30.3 Å². The number of alkyl halides is 3. The summed E-state index contributed by atoms with van der Waals surface area (Å²) in [5.74, 6) is -0.0469. The Kier molecular flexibility index (Phi) is 15.5. The van der Waals surface area contributed by atoms with Gasteiger partial charge in [-0.15, -0.1) is 50.4 Å². The van der Waals surface area contributed by atoms with Gasteiger partial charge < -0.3 is 45.8 Å². The molecule has 6 rings (SSSR count). The van der Waals surface area contributed by atoms with Gasteiger partial charge in [0.25, 0.3) is 5.91 Å². The first kappa shape index (κ1) is 39.5. The number of fused-ring (bicyclic) bond motifs is 2. The van der Waals surface area contributed by atoms with Gasteiger partial charge >= 0.3 is 6.36 Å². The van der Waals surface area contributed by atoms with Crippen LogP contribution in [-0.4, -0.2) is 91.5 Å². The fourth-order valence-electron chi connectivity index (χ4n) is 4.53. The minimum Gasteiger partial charge on any atom is -0.406 e. The molecule has 6 N–H and O–H groups in total. The molecular formula is C27H36Cl3F3N8O4S. The van der Waals surface area contributed by atoms with Crippen LogP contribution in [-0.2, 0) is 16.5 Å². The normalized spacial score (nSPS) is 17.8. The molecule has 4 heterocycles. The van der Waals surface area contributed by atoms with E-state index < -0.39 is 6.36 Å². The van der Waals surface area contributed by atoms with E-state index in [1.807, 2.05) is 11.6 Å². The molecule has 0 saturated carbocycles. The molecule has 19 heteroatoms. The fourth-order valence-corrected chi connectivity index (χ4v) is 5.42. The molecule has 0 radical (unpaired) electrons. The van der Waals surface area contributed by atoms with E-state index in [0.717, 1.165) is 31.8 Å². The number of morpholine rings is 2. The number of aromatic nitrogens is 3. The standard InChI is InChI=1S/C22H21F3N6O3S.C5H12N2O.3ClH/c1-31-17-5-2-12(19(32)27-11-14-10-26-6-7-33-14)8-16(17)28-20(31)30-21-29-15-4-3-13(9-18(15)35-21)34-22(23,24)25;6-3-5-4-7-1-2-8-5;;;/h2-5,8-9,14,26H,6-7,10-11H2,1H3,(H,27,32)(H,28,29,30);5,7H,1-4,6H2;3*1H. The van der Waals surface area contributed by atoms with Crippen molar-refractivity contribution in [1.29, 1.82) is 0 Å². The van der Waals surface area contributed by atoms with E-state index in [2.05, 4.69) is 36.0 Å². The SMILES string of the molecule is Cl.Cl.Cl.Cn1c(Nc2nc3ccc(OC(F)(F)F)cc3s2)nc2cc(C(=O)NCC3CNCCO3)ccc21.NCC1CNCCO1. The highest BCUT2D eigenvalue weighted by Crippen LogP contribution is 2.33. The molecule has 2 saturated heterocycles. The van der Waals surface area contributed by atoms with Gasteiger partial charge in [-0.2, -0.15) is 0 Å². The van der Waals surface area contributed by atoms with Gasteiger partial charge in [0, 0.05) is 57.9 Å². The number of halogens is 6. The number of rotatable bonds is 7. The van der Waals surface area contributed by atoms with Gasteiger partial charge in [-0.1, -0.05) is 11.3 Å². The summed E-state index contributed by atoms with van der Waals surface area (Å²) >= 11 is 1.18. The lowest BCUT2D eigenvalue weighted by atomic mass is 10.2. The minimum atomic E-state index is -4.76. The van der Waals surface area contributed by atoms with Crippen LogP contribution in [0.25, 0.3) is 21.3 Å². The number of hydrogen-bond donors (Lipinski definition) is 5. The summed E-state index contributed by atoms with van der Waals surface area (Å²) in [6, 6.07) is 9.21. The Morgan fingerprint density at radius 1 is 1.04 bits per heavy atom. The second-order valence-electron chi connectivity index (χ2n) is 9.86. The summed E-state index contributed by atoms with van der Waals surface area (Å²) in [5.41, 5.74) is 7.75. The second-order valence-corrected chi connectivity index (χ2v) is 10.9. The summed E-state index contributed by atoms with van der Waals surface area (Å²) in [6.45, 7) is 5.85. The number of carbonyl (C=O) groups is 1. The molecule has 0 spiro atoms. The number of benzene rings is 2. The van der Waals surface area contributed by atoms with Gasteiger partial charge in [-0.3, -0.25) is 4.79 Å². The maximum atomic E-state index is 12.6. The summed E-state index contributed by atoms with van der Waals surface area (Å²) in [6.07, 6.45) is -4.57. The molecule has 12 nitrogen and oxygen atoms in total. The fraction of sp³-hybridized carbons (Fsp3) is 0.444. The zero-order valence-corrected chi connectivity index (χ0v) is 27.9. The molecule has 1 amide bonds. The van der Waals surface area contributed by atoms with E-state index in [1.54, 1.807) is 18.2 Å². The number of ether oxygens (including phenoxy) is 3. The quantitative estimate of drug-likeness (QED) is 0.190. The summed E-state index contributed by atoms with van der Waals surface area (Å²) in [5, 5.41) is 12.9. The van der Waals surface area contributed by atoms with E-state index in [1.165, 1.54) is 29.5 Å². The molecule has 46 heavy (non-hydrogen) atoms. The van der Waals surface area contributed by atoms with Crippen molar-refractivity contribution in [1.82, 2.24) is 30.5 Å². The van der Waals surface area contributed by atoms with Crippen molar-refractivity contribution in [2.24, 2.45) is 12.8 Å². The topological polar surface area (TPSA) is 150 Å². The Bertz CT molecular complexity index is 1550. The van der Waals surface area contributed by atoms with Crippen molar-refractivity contribution in [2.45, 2.75) is 18.6 Å². The van der Waals surface area contributed by atoms with Crippen LogP contribution in [0, 0.1) is 0 Å². The van der Waals surface area contributed by atoms with Gasteiger partial charge in [0.05, 0.1) is 46.7 Å². The molecular weight excluding hydrogens is 696 g/mol. The summed E-state index contributed by atoms with van der Waals surface area (Å²) in [7, 11) is 1.81. The molecule has 2 aromatic heterocycles. The van der Waals surface area contributed by atoms with Crippen molar-refractivity contribution in [3.8, 4) is 5.75 Å². The van der Waals surface area contributed by atoms with Crippen LogP contribution in [0.5, 0.6) is 5.75 Å². The van der Waals surface area contributed by atoms with Crippen molar-refractivity contribution < 1.29 is 32.2 Å². The third-order valence-corrected chi connectivity index (χ3v) is 7.65. The number of anilines is 2. The summed E-state index contributed by atoms with van der Waals surface area (Å²) in [4.78, 5) is 21.6. The monoisotopic (exact) mass is 730 g/mol. The molecule has 2 aromatic carbocycles. The molecule has 2 atom stereocenters. The van der Waals surface area contributed by atoms with E-state index in [0.29, 0.717) is 58.6 Å². The number of nitrogens with one attached hydrogen (secondary N) is 4. The molecule has 4 aromatic rings. The predicted molar refractivity (Wildman–Crippen MR) is 179 cm³/mol. The van der Waals surface area contributed by atoms with Crippen LogP contribution < -0.4 is 31.7 Å². The van der Waals surface area contributed by atoms with E-state index in [-0.39, 0.29) is 61.1 Å². The highest BCUT2D eigenvalue weighted by molar-refractivity contribution is 7.22. The lowest BCUT2D eigenvalue weighted by molar-refractivity contribution is -0.274. The van der Waals surface area contributed by atoms with E-state index >= 15 is 0 Å². The Balaban J connectivity index is 0.000000588. The van der Waals surface area contributed by atoms with Crippen molar-refractivity contribution in [3.63, 3.8) is 0 Å². The largest absolute Gasteiger partial charge is 0.573 e. The Morgan fingerprint density at radius 2 is 1.74 bits per heavy atom. The number of amides is 1. The van der Waals surface area contributed by atoms with Crippen LogP contribution in [0.2, 0.25) is 0 Å². The average molecular weight is 732 g/mol. The first-order valence-electron chi connectivity index (χ1n) is 13.7. The zero-order valence-electron chi connectivity index (χ0n) is 24.6. The molecule has 2 unspecified atom stereocenters. The number of thiazole rings is 1. The molecule has 2 fully saturated rings. The number of hydrogen-bond acceptors (Lipinski definition) is 11. The Hall–Kier alpha value is -2.67. The number of nitrogens with two attached hydrogens (primary N) is 1. The zero-order chi connectivity index (χ0) is 30.4. The van der Waals surface area contributed by atoms with Crippen molar-refractivity contribution in [3.05, 3.63) is 42.0 Å². The van der Waals surface area contributed by atoms with E-state index in [9.17, 15) is 18.0 Å². The van der Waals surface area contributed by atoms with Crippen LogP contribution in [0.4, 0.5) is 24.3 Å². The van der Waals surface area contributed by atoms with Gasteiger partial charge in [0.2, 0.25) is 5.95 Å². The number of aryl methyl sites for hydroxylation is 1. The lowest BCUT2D eigenvalue weighted by Crippen LogP contribution is -2.45. The van der Waals surface area contributed by atoms with Crippen LogP contribution in [0.1, 0.15) is 10.4 Å². The highest BCUT2D eigenvalue weighted by atomic mass is 35.5. The predicted octanol–water partition coefficient (Wildman–Crippen LogP) is 3.74. The third kappa shape index (κ3) is 10.7. The summed E-state index contributed by atoms with van der Waals surface area (Å²) < 4.78 is 54.6. The first-order chi connectivity index (χ1) is 20.7. The van der Waals surface area contributed by atoms with Crippen molar-refractivity contribution in [2.75, 3.05) is 57.8 Å². The highest BCUT2D eigenvalue weighted by Gasteiger charge is 2.31. The molecule has 2 aliphatic rings. The lowest BCUT2D eigenvalue weighted by Gasteiger charge is -2.23. The van der Waals surface area contributed by atoms with E-state index in [4.69, 9.17) is 15.2 Å². The van der Waals surface area contributed by atoms with Crippen molar-refractivity contribution >= 4 is 86.8 Å². The van der Waals surface area contributed by atoms with Gasteiger partial charge in [-0.25, -0.2) is 9.97 Å². The number of nitrogens with zero attached hydrogens (tertiary/aromatic N) is 3. The third-order valence-electron chi connectivity index (χ3n) is 6.72. The number of carbonyl (C=O) groups excluding carboxylic acids is 1. The average Bonchev–Trinajstić information content (AvgIpc) is 3.55. The minimum absolute atomic E-state index is 0. The number of imidazole rings is 1. The molecule has 0 bridgehead atoms. The van der Waals surface area contributed by atoms with Crippen LogP contribution in [0.3, 0.4) is 0 Å². The van der Waals surface area contributed by atoms with Crippen LogP contribution >= 0.6 is 48.6 Å². The van der Waals surface area contributed by atoms with Gasteiger partial charge in [0.15, 0.2) is 5.13 Å². The first-order valence-corrected chi connectivity index (χ1v) is 14.5. The second kappa shape index (κ2) is 18.0. The maximum Gasteiger partial charge on any atom is 0.573 e. The molecule has 256 valence electrons.